The van der Waals surface area contributed by atoms with Gasteiger partial charge in [0.05, 0.1) is 12.5 Å². The first kappa shape index (κ1) is 44.4. The van der Waals surface area contributed by atoms with Gasteiger partial charge in [0.1, 0.15) is 12.1 Å². The van der Waals surface area contributed by atoms with Crippen molar-refractivity contribution in [3.8, 4) is 11.1 Å². The molecule has 2 aromatic carbocycles. The molecule has 0 aromatic heterocycles. The van der Waals surface area contributed by atoms with E-state index in [1.54, 1.807) is 39.2 Å². The summed E-state index contributed by atoms with van der Waals surface area (Å²) in [6.45, 7) is 20.4. The number of carboxylic acids is 1. The Morgan fingerprint density at radius 1 is 1.06 bits per heavy atom. The van der Waals surface area contributed by atoms with E-state index in [9.17, 15) is 18.8 Å². The maximum atomic E-state index is 14.6. The first-order valence-corrected chi connectivity index (χ1v) is 17.1. The first-order valence-electron chi connectivity index (χ1n) is 16.8. The maximum Gasteiger partial charge on any atom is 0.305 e. The number of rotatable bonds is 13. The number of likely N-dealkylation sites (N-methyl/N-ethyl adjacent to an activating group) is 1. The number of carbonyl (C=O) groups is 3. The van der Waals surface area contributed by atoms with Crippen molar-refractivity contribution in [2.45, 2.75) is 73.9 Å². The van der Waals surface area contributed by atoms with Gasteiger partial charge in [-0.15, -0.1) is 0 Å². The van der Waals surface area contributed by atoms with E-state index in [0.717, 1.165) is 66.0 Å². The number of hydrogen-bond donors (Lipinski definition) is 3. The summed E-state index contributed by atoms with van der Waals surface area (Å²) < 4.78 is 14.6. The molecule has 2 atom stereocenters. The first-order chi connectivity index (χ1) is 23.1. The molecule has 2 aliphatic heterocycles. The molecule has 0 radical (unpaired) electrons. The van der Waals surface area contributed by atoms with E-state index >= 15 is 0 Å². The van der Waals surface area contributed by atoms with Crippen LogP contribution in [0.25, 0.3) is 11.1 Å². The van der Waals surface area contributed by atoms with Crippen LogP contribution in [0.1, 0.15) is 69.3 Å². The normalized spacial score (nSPS) is 15.4. The van der Waals surface area contributed by atoms with Gasteiger partial charge >= 0.3 is 5.97 Å². The summed E-state index contributed by atoms with van der Waals surface area (Å²) in [7, 11) is 3.44. The van der Waals surface area contributed by atoms with Crippen LogP contribution >= 0.6 is 11.6 Å². The number of hydrogen-bond acceptors (Lipinski definition) is 7. The number of aryl methyl sites for hydroxylation is 3. The zero-order valence-electron chi connectivity index (χ0n) is 30.3. The van der Waals surface area contributed by atoms with Crippen LogP contribution in [0.3, 0.4) is 0 Å². The van der Waals surface area contributed by atoms with Crippen molar-refractivity contribution in [2.75, 3.05) is 40.3 Å². The zero-order valence-corrected chi connectivity index (χ0v) is 31.0. The molecule has 0 unspecified atom stereocenters. The van der Waals surface area contributed by atoms with Gasteiger partial charge in [-0.2, -0.15) is 0 Å². The molecule has 0 amide bonds. The molecule has 2 aromatic rings. The highest BCUT2D eigenvalue weighted by atomic mass is 35.5. The molecule has 1 saturated heterocycles. The van der Waals surface area contributed by atoms with Crippen LogP contribution in [0.2, 0.25) is 5.02 Å². The summed E-state index contributed by atoms with van der Waals surface area (Å²) in [5, 5.41) is 15.5. The monoisotopic (exact) mass is 712 g/mol. The molecule has 276 valence electrons. The third kappa shape index (κ3) is 13.2. The Hall–Kier alpha value is -3.63. The van der Waals surface area contributed by atoms with Crippen LogP contribution in [0.15, 0.2) is 60.5 Å². The van der Waals surface area contributed by atoms with Gasteiger partial charge in [-0.25, -0.2) is 4.39 Å². The largest absolute Gasteiger partial charge is 0.481 e. The second-order valence-electron chi connectivity index (χ2n) is 13.3. The van der Waals surface area contributed by atoms with Crippen LogP contribution in [0.5, 0.6) is 0 Å². The Labute approximate surface area is 304 Å². The molecular formula is C40H58ClFN4O4. The van der Waals surface area contributed by atoms with E-state index in [1.807, 2.05) is 43.2 Å². The number of allylic oxidation sites excluding steroid dienone is 3. The highest BCUT2D eigenvalue weighted by Crippen LogP contribution is 2.34. The molecule has 0 bridgehead atoms. The second-order valence-corrected chi connectivity index (χ2v) is 13.7. The molecule has 2 heterocycles. The minimum atomic E-state index is -0.976. The lowest BCUT2D eigenvalue weighted by atomic mass is 9.90. The van der Waals surface area contributed by atoms with Crippen LogP contribution < -0.4 is 10.6 Å². The molecule has 50 heavy (non-hydrogen) atoms. The van der Waals surface area contributed by atoms with Gasteiger partial charge in [0.25, 0.3) is 0 Å². The van der Waals surface area contributed by atoms with E-state index in [2.05, 4.69) is 42.9 Å². The van der Waals surface area contributed by atoms with E-state index in [1.165, 1.54) is 13.1 Å². The van der Waals surface area contributed by atoms with Gasteiger partial charge in [-0.1, -0.05) is 46.4 Å². The SMILES string of the molecule is C.C=C1C(C=O)=CC=CN1CCN1CC(C)C1.CN[C@@H](CC(=O)O)c1cc(-c2c(C)cc(Cl)cc2C)cc(C)c1F.CN[C@H](C=O)CC(C)C. The van der Waals surface area contributed by atoms with Crippen LogP contribution in [0.4, 0.5) is 4.39 Å². The fraction of sp³-hybridized carbons (Fsp3) is 0.475. The number of carbonyl (C=O) groups excluding carboxylic acids is 2. The van der Waals surface area contributed by atoms with E-state index < -0.39 is 12.0 Å². The van der Waals surface area contributed by atoms with Crippen molar-refractivity contribution in [2.24, 2.45) is 11.8 Å². The summed E-state index contributed by atoms with van der Waals surface area (Å²) in [6, 6.07) is 6.72. The Bertz CT molecular complexity index is 1490. The van der Waals surface area contributed by atoms with Gasteiger partial charge in [0.2, 0.25) is 0 Å². The molecule has 0 spiro atoms. The van der Waals surface area contributed by atoms with Crippen LogP contribution in [-0.2, 0) is 14.4 Å². The number of aldehydes is 2. The number of aliphatic carboxylic acids is 1. The Morgan fingerprint density at radius 2 is 1.68 bits per heavy atom. The summed E-state index contributed by atoms with van der Waals surface area (Å²) in [6.07, 6.45) is 8.26. The lowest BCUT2D eigenvalue weighted by molar-refractivity contribution is -0.137. The Morgan fingerprint density at radius 3 is 2.14 bits per heavy atom. The summed E-state index contributed by atoms with van der Waals surface area (Å²) in [5.74, 6) is 0.0810. The van der Waals surface area contributed by atoms with Gasteiger partial charge in [0.15, 0.2) is 6.29 Å². The van der Waals surface area contributed by atoms with Crippen molar-refractivity contribution in [1.82, 2.24) is 20.4 Å². The summed E-state index contributed by atoms with van der Waals surface area (Å²) in [5.41, 5.74) is 6.19. The third-order valence-electron chi connectivity index (χ3n) is 8.58. The van der Waals surface area contributed by atoms with Crippen molar-refractivity contribution in [1.29, 1.82) is 0 Å². The molecule has 3 N–H and O–H groups in total. The quantitative estimate of drug-likeness (QED) is 0.182. The predicted molar refractivity (Wildman–Crippen MR) is 205 cm³/mol. The zero-order chi connectivity index (χ0) is 36.8. The smallest absolute Gasteiger partial charge is 0.305 e. The molecule has 0 aliphatic carbocycles. The topological polar surface area (TPSA) is 102 Å². The lowest BCUT2D eigenvalue weighted by Gasteiger charge is -2.38. The van der Waals surface area contributed by atoms with Gasteiger partial charge in [0, 0.05) is 60.3 Å². The van der Waals surface area contributed by atoms with Crippen molar-refractivity contribution < 1.29 is 23.9 Å². The number of carboxylic acid groups (broad SMARTS) is 1. The number of likely N-dealkylation sites (tertiary alicyclic amines) is 1. The minimum Gasteiger partial charge on any atom is -0.481 e. The fourth-order valence-electron chi connectivity index (χ4n) is 6.03. The third-order valence-corrected chi connectivity index (χ3v) is 8.80. The lowest BCUT2D eigenvalue weighted by Crippen LogP contribution is -2.47. The molecular weight excluding hydrogens is 655 g/mol. The van der Waals surface area contributed by atoms with E-state index in [-0.39, 0.29) is 25.7 Å². The van der Waals surface area contributed by atoms with Crippen LogP contribution in [-0.4, -0.2) is 79.8 Å². The van der Waals surface area contributed by atoms with Gasteiger partial charge in [-0.3, -0.25) is 9.59 Å². The molecule has 2 aliphatic rings. The predicted octanol–water partition coefficient (Wildman–Crippen LogP) is 7.67. The second kappa shape index (κ2) is 21.6. The molecule has 0 saturated carbocycles. The Balaban J connectivity index is 0.000000414. The standard InChI is InChI=1S/C19H21ClFNO2.C13H18N2O.C7H15NO.CH4/c1-10-6-14(20)7-11(2)18(10)13-5-12(3)19(21)15(8-13)16(22-4)9-17(23)24;1-11-8-14(9-11)6-7-15-5-3-4-13(10-16)12(15)2;1-6(2)4-7(5-9)8-3;/h5-8,16,22H,9H2,1-4H3,(H,23,24);3-5,10-11H,2,6-9H2,1H3;5-8H,4H2,1-3H3;1H4/t16-;;7-;/m0.0./s1. The average molecular weight is 713 g/mol. The molecule has 1 fully saturated rings. The van der Waals surface area contributed by atoms with Gasteiger partial charge < -0.3 is 30.3 Å². The molecule has 10 heteroatoms. The van der Waals surface area contributed by atoms with E-state index in [4.69, 9.17) is 16.7 Å². The van der Waals surface area contributed by atoms with Gasteiger partial charge in [-0.05, 0) is 117 Å². The van der Waals surface area contributed by atoms with Crippen molar-refractivity contribution >= 4 is 30.1 Å². The molecule has 4 rings (SSSR count). The Kier molecular flexibility index (Phi) is 19.1. The fourth-order valence-corrected chi connectivity index (χ4v) is 6.36. The summed E-state index contributed by atoms with van der Waals surface area (Å²) >= 11 is 6.09. The average Bonchev–Trinajstić information content (AvgIpc) is 3.02. The van der Waals surface area contributed by atoms with E-state index in [0.29, 0.717) is 27.6 Å². The highest BCUT2D eigenvalue weighted by Gasteiger charge is 2.23. The number of nitrogens with zero attached hydrogens (tertiary/aromatic N) is 2. The number of benzene rings is 2. The number of halogens is 2. The maximum absolute atomic E-state index is 14.6. The number of nitrogens with one attached hydrogen (secondary N) is 2. The van der Waals surface area contributed by atoms with Crippen molar-refractivity contribution in [3.05, 3.63) is 93.6 Å². The van der Waals surface area contributed by atoms with Crippen molar-refractivity contribution in [3.63, 3.8) is 0 Å². The summed E-state index contributed by atoms with van der Waals surface area (Å²) in [4.78, 5) is 36.5. The van der Waals surface area contributed by atoms with Crippen LogP contribution in [0, 0.1) is 38.4 Å². The highest BCUT2D eigenvalue weighted by molar-refractivity contribution is 6.30. The minimum absolute atomic E-state index is 0. The molecule has 8 nitrogen and oxygen atoms in total.